The quantitative estimate of drug-likeness (QED) is 0.416. The Labute approximate surface area is 139 Å². The van der Waals surface area contributed by atoms with Gasteiger partial charge in [0, 0.05) is 6.42 Å². The Bertz CT molecular complexity index is 501. The number of carbonyl (C=O) groups excluding carboxylic acids is 1. The Hall–Kier alpha value is -1.55. The van der Waals surface area contributed by atoms with Gasteiger partial charge in [0.15, 0.2) is 0 Å². The molecule has 1 aliphatic rings. The molecule has 0 aromatic rings. The second kappa shape index (κ2) is 8.92. The first-order valence-corrected chi connectivity index (χ1v) is 8.51. The van der Waals surface area contributed by atoms with Gasteiger partial charge in [-0.1, -0.05) is 39.3 Å². The Morgan fingerprint density at radius 2 is 2.09 bits per heavy atom. The molecule has 130 valence electrons. The van der Waals surface area contributed by atoms with Crippen LogP contribution in [0.3, 0.4) is 0 Å². The van der Waals surface area contributed by atoms with Gasteiger partial charge in [0.1, 0.15) is 11.4 Å². The third-order valence-corrected chi connectivity index (χ3v) is 4.32. The molecule has 0 saturated heterocycles. The summed E-state index contributed by atoms with van der Waals surface area (Å²) in [5.41, 5.74) is 1.76. The molecule has 1 heterocycles. The average Bonchev–Trinajstić information content (AvgIpc) is 2.91. The van der Waals surface area contributed by atoms with Gasteiger partial charge in [0.05, 0.1) is 19.3 Å². The maximum Gasteiger partial charge on any atom is 0.334 e. The van der Waals surface area contributed by atoms with Crippen LogP contribution in [0.25, 0.3) is 0 Å². The first kappa shape index (κ1) is 19.5. The number of ether oxygens (including phenoxy) is 2. The van der Waals surface area contributed by atoms with Crippen LogP contribution in [0.2, 0.25) is 0 Å². The van der Waals surface area contributed by atoms with Crippen LogP contribution in [-0.4, -0.2) is 29.9 Å². The molecule has 0 aromatic carbocycles. The lowest BCUT2D eigenvalue weighted by Gasteiger charge is -2.28. The van der Waals surface area contributed by atoms with Crippen molar-refractivity contribution >= 4 is 5.97 Å². The van der Waals surface area contributed by atoms with E-state index in [1.807, 2.05) is 19.9 Å². The second-order valence-electron chi connectivity index (χ2n) is 5.91. The molecule has 2 unspecified atom stereocenters. The second-order valence-corrected chi connectivity index (χ2v) is 5.91. The molecule has 1 aliphatic heterocycles. The fourth-order valence-electron chi connectivity index (χ4n) is 2.73. The Morgan fingerprint density at radius 1 is 1.39 bits per heavy atom. The molecule has 1 rings (SSSR count). The summed E-state index contributed by atoms with van der Waals surface area (Å²) < 4.78 is 10.9. The van der Waals surface area contributed by atoms with E-state index in [1.165, 1.54) is 18.8 Å². The van der Waals surface area contributed by atoms with Crippen LogP contribution in [0.4, 0.5) is 0 Å². The summed E-state index contributed by atoms with van der Waals surface area (Å²) in [6, 6.07) is 0. The van der Waals surface area contributed by atoms with Crippen LogP contribution in [0.1, 0.15) is 59.8 Å². The minimum Gasteiger partial charge on any atom is -0.482 e. The molecule has 4 nitrogen and oxygen atoms in total. The number of methoxy groups -OCH3 is 1. The lowest BCUT2D eigenvalue weighted by molar-refractivity contribution is -0.135. The number of hydrogen-bond donors (Lipinski definition) is 1. The van der Waals surface area contributed by atoms with E-state index in [9.17, 15) is 9.90 Å². The van der Waals surface area contributed by atoms with Gasteiger partial charge in [-0.05, 0) is 37.3 Å². The summed E-state index contributed by atoms with van der Waals surface area (Å²) in [7, 11) is 1.36. The van der Waals surface area contributed by atoms with E-state index >= 15 is 0 Å². The van der Waals surface area contributed by atoms with E-state index in [0.29, 0.717) is 12.2 Å². The molecule has 0 saturated carbocycles. The standard InChI is InChI=1S/C19H30O4/c1-6-14(10-16(20)8-3)12-19(9-4)13-15(7-2)17(23-19)11-18(21)22-5/h10-11,13,16,20H,6-9,12H2,1-5H3. The summed E-state index contributed by atoms with van der Waals surface area (Å²) in [6.07, 6.45) is 8.95. The summed E-state index contributed by atoms with van der Waals surface area (Å²) in [4.78, 5) is 11.5. The number of aliphatic hydroxyl groups is 1. The Kier molecular flexibility index (Phi) is 7.56. The van der Waals surface area contributed by atoms with Gasteiger partial charge in [-0.15, -0.1) is 0 Å². The highest BCUT2D eigenvalue weighted by Gasteiger charge is 2.36. The molecule has 0 spiro atoms. The highest BCUT2D eigenvalue weighted by atomic mass is 16.5. The molecule has 23 heavy (non-hydrogen) atoms. The van der Waals surface area contributed by atoms with Crippen LogP contribution in [0.15, 0.2) is 35.1 Å². The molecular weight excluding hydrogens is 292 g/mol. The van der Waals surface area contributed by atoms with Crippen LogP contribution < -0.4 is 0 Å². The van der Waals surface area contributed by atoms with E-state index in [4.69, 9.17) is 9.47 Å². The van der Waals surface area contributed by atoms with Crippen molar-refractivity contribution in [1.82, 2.24) is 0 Å². The maximum atomic E-state index is 11.5. The summed E-state index contributed by atoms with van der Waals surface area (Å²) in [5.74, 6) is 0.201. The number of esters is 1. The maximum absolute atomic E-state index is 11.5. The lowest BCUT2D eigenvalue weighted by atomic mass is 9.89. The Morgan fingerprint density at radius 3 is 2.57 bits per heavy atom. The van der Waals surface area contributed by atoms with Crippen molar-refractivity contribution in [3.8, 4) is 0 Å². The fourth-order valence-corrected chi connectivity index (χ4v) is 2.73. The van der Waals surface area contributed by atoms with E-state index in [2.05, 4.69) is 19.9 Å². The molecule has 2 atom stereocenters. The molecule has 0 radical (unpaired) electrons. The third-order valence-electron chi connectivity index (χ3n) is 4.32. The van der Waals surface area contributed by atoms with Crippen molar-refractivity contribution in [3.63, 3.8) is 0 Å². The minimum absolute atomic E-state index is 0.404. The Balaban J connectivity index is 3.06. The molecule has 0 aromatic heterocycles. The highest BCUT2D eigenvalue weighted by Crippen LogP contribution is 2.40. The monoisotopic (exact) mass is 322 g/mol. The van der Waals surface area contributed by atoms with Crippen LogP contribution in [-0.2, 0) is 14.3 Å². The topological polar surface area (TPSA) is 55.8 Å². The number of hydrogen-bond acceptors (Lipinski definition) is 4. The first-order valence-electron chi connectivity index (χ1n) is 8.51. The van der Waals surface area contributed by atoms with Crippen molar-refractivity contribution in [2.75, 3.05) is 7.11 Å². The van der Waals surface area contributed by atoms with E-state index in [0.717, 1.165) is 31.3 Å². The van der Waals surface area contributed by atoms with Gasteiger partial charge < -0.3 is 14.6 Å². The van der Waals surface area contributed by atoms with Crippen molar-refractivity contribution in [3.05, 3.63) is 35.1 Å². The zero-order valence-corrected chi connectivity index (χ0v) is 15.0. The molecule has 4 heteroatoms. The molecular formula is C19H30O4. The van der Waals surface area contributed by atoms with E-state index in [-0.39, 0.29) is 0 Å². The number of carbonyl (C=O) groups is 1. The van der Waals surface area contributed by atoms with E-state index in [1.54, 1.807) is 0 Å². The van der Waals surface area contributed by atoms with Gasteiger partial charge >= 0.3 is 5.97 Å². The molecule has 0 bridgehead atoms. The third kappa shape index (κ3) is 5.24. The van der Waals surface area contributed by atoms with Gasteiger partial charge in [-0.25, -0.2) is 4.79 Å². The predicted molar refractivity (Wildman–Crippen MR) is 91.9 cm³/mol. The summed E-state index contributed by atoms with van der Waals surface area (Å²) >= 11 is 0. The molecule has 0 fully saturated rings. The van der Waals surface area contributed by atoms with Gasteiger partial charge in [-0.3, -0.25) is 0 Å². The van der Waals surface area contributed by atoms with Crippen LogP contribution in [0, 0.1) is 0 Å². The zero-order chi connectivity index (χ0) is 17.5. The van der Waals surface area contributed by atoms with Gasteiger partial charge in [-0.2, -0.15) is 0 Å². The number of allylic oxidation sites excluding steroid dienone is 1. The van der Waals surface area contributed by atoms with Crippen LogP contribution >= 0.6 is 0 Å². The van der Waals surface area contributed by atoms with Crippen molar-refractivity contribution < 1.29 is 19.4 Å². The minimum atomic E-state index is -0.444. The van der Waals surface area contributed by atoms with Crippen molar-refractivity contribution in [2.45, 2.75) is 71.5 Å². The van der Waals surface area contributed by atoms with Crippen molar-refractivity contribution in [1.29, 1.82) is 0 Å². The SMILES string of the molecule is CCC(=CC(O)CC)CC1(CC)C=C(CC)C(=CC(=O)OC)O1. The normalized spacial score (nSPS) is 24.3. The average molecular weight is 322 g/mol. The predicted octanol–water partition coefficient (Wildman–Crippen LogP) is 4.06. The smallest absolute Gasteiger partial charge is 0.334 e. The summed E-state index contributed by atoms with van der Waals surface area (Å²) in [5, 5.41) is 9.89. The number of aliphatic hydroxyl groups excluding tert-OH is 1. The zero-order valence-electron chi connectivity index (χ0n) is 15.0. The summed E-state index contributed by atoms with van der Waals surface area (Å²) in [6.45, 7) is 8.17. The van der Waals surface area contributed by atoms with Crippen LogP contribution in [0.5, 0.6) is 0 Å². The van der Waals surface area contributed by atoms with E-state index < -0.39 is 17.7 Å². The molecule has 1 N–H and O–H groups in total. The fraction of sp³-hybridized carbons (Fsp3) is 0.632. The largest absolute Gasteiger partial charge is 0.482 e. The van der Waals surface area contributed by atoms with Gasteiger partial charge in [0.2, 0.25) is 0 Å². The highest BCUT2D eigenvalue weighted by molar-refractivity contribution is 5.83. The first-order chi connectivity index (χ1) is 10.9. The lowest BCUT2D eigenvalue weighted by Crippen LogP contribution is -2.26. The number of rotatable bonds is 8. The molecule has 0 amide bonds. The van der Waals surface area contributed by atoms with Crippen molar-refractivity contribution in [2.24, 2.45) is 0 Å². The van der Waals surface area contributed by atoms with Gasteiger partial charge in [0.25, 0.3) is 0 Å². The molecule has 0 aliphatic carbocycles.